The first-order chi connectivity index (χ1) is 9.05. The molecule has 0 fully saturated rings. The summed E-state index contributed by atoms with van der Waals surface area (Å²) in [6.45, 7) is 6.73. The molecule has 1 rings (SSSR count). The van der Waals surface area contributed by atoms with E-state index in [1.165, 1.54) is 18.2 Å². The number of carboxylic acids is 1. The molecule has 1 aromatic carbocycles. The van der Waals surface area contributed by atoms with Gasteiger partial charge in [-0.15, -0.1) is 0 Å². The Hall–Kier alpha value is -1.68. The Labute approximate surface area is 113 Å². The predicted molar refractivity (Wildman–Crippen MR) is 74.3 cm³/mol. The molecule has 0 saturated carbocycles. The molecule has 3 nitrogen and oxygen atoms in total. The van der Waals surface area contributed by atoms with Crippen molar-refractivity contribution in [3.8, 4) is 0 Å². The number of carbonyl (C=O) groups is 1. The van der Waals surface area contributed by atoms with Crippen LogP contribution in [-0.4, -0.2) is 29.1 Å². The Morgan fingerprint density at radius 1 is 1.37 bits per heavy atom. The van der Waals surface area contributed by atoms with E-state index in [9.17, 15) is 9.18 Å². The maximum absolute atomic E-state index is 13.5. The van der Waals surface area contributed by atoms with Gasteiger partial charge in [0.25, 0.3) is 0 Å². The molecule has 1 aromatic rings. The van der Waals surface area contributed by atoms with Crippen LogP contribution < -0.4 is 0 Å². The van der Waals surface area contributed by atoms with E-state index in [1.807, 2.05) is 6.07 Å². The van der Waals surface area contributed by atoms with E-state index in [0.29, 0.717) is 12.1 Å². The second-order valence-corrected chi connectivity index (χ2v) is 4.43. The molecule has 0 saturated heterocycles. The number of aliphatic carboxylic acids is 1. The van der Waals surface area contributed by atoms with E-state index < -0.39 is 5.97 Å². The number of hydrogen-bond acceptors (Lipinski definition) is 2. The van der Waals surface area contributed by atoms with Gasteiger partial charge in [-0.05, 0) is 48.8 Å². The second kappa shape index (κ2) is 7.69. The molecule has 0 aliphatic rings. The van der Waals surface area contributed by atoms with Gasteiger partial charge in [-0.3, -0.25) is 4.90 Å². The highest BCUT2D eigenvalue weighted by Crippen LogP contribution is 2.13. The summed E-state index contributed by atoms with van der Waals surface area (Å²) in [7, 11) is 0. The molecule has 0 aliphatic carbocycles. The fourth-order valence-corrected chi connectivity index (χ4v) is 1.95. The van der Waals surface area contributed by atoms with Gasteiger partial charge in [-0.25, -0.2) is 9.18 Å². The molecule has 0 heterocycles. The van der Waals surface area contributed by atoms with Gasteiger partial charge in [0.2, 0.25) is 0 Å². The molecule has 19 heavy (non-hydrogen) atoms. The third-order valence-corrected chi connectivity index (χ3v) is 2.79. The summed E-state index contributed by atoms with van der Waals surface area (Å²) >= 11 is 0. The van der Waals surface area contributed by atoms with Crippen LogP contribution in [0.4, 0.5) is 4.39 Å². The van der Waals surface area contributed by atoms with E-state index >= 15 is 0 Å². The highest BCUT2D eigenvalue weighted by Gasteiger charge is 2.05. The van der Waals surface area contributed by atoms with Crippen molar-refractivity contribution >= 4 is 12.0 Å². The van der Waals surface area contributed by atoms with Gasteiger partial charge >= 0.3 is 5.97 Å². The molecule has 1 N–H and O–H groups in total. The fraction of sp³-hybridized carbons (Fsp3) is 0.400. The standard InChI is InChI=1S/C15H20FNO2/c1-3-7-17(4-2)11-13-8-12(5-6-15(18)19)9-14(16)10-13/h5-6,8-10H,3-4,7,11H2,1-2H3,(H,18,19). The zero-order valence-electron chi connectivity index (χ0n) is 11.4. The Kier molecular flexibility index (Phi) is 6.22. The average Bonchev–Trinajstić information content (AvgIpc) is 2.35. The van der Waals surface area contributed by atoms with Crippen molar-refractivity contribution in [2.45, 2.75) is 26.8 Å². The number of rotatable bonds is 7. The molecule has 0 aromatic heterocycles. The van der Waals surface area contributed by atoms with Crippen LogP contribution in [0.25, 0.3) is 6.08 Å². The summed E-state index contributed by atoms with van der Waals surface area (Å²) in [5, 5.41) is 8.58. The highest BCUT2D eigenvalue weighted by atomic mass is 19.1. The third kappa shape index (κ3) is 5.66. The summed E-state index contributed by atoms with van der Waals surface area (Å²) in [6, 6.07) is 4.65. The van der Waals surface area contributed by atoms with Gasteiger partial charge < -0.3 is 5.11 Å². The van der Waals surface area contributed by atoms with Crippen LogP contribution in [0, 0.1) is 5.82 Å². The summed E-state index contributed by atoms with van der Waals surface area (Å²) in [6.07, 6.45) is 3.47. The average molecular weight is 265 g/mol. The molecule has 104 valence electrons. The summed E-state index contributed by atoms with van der Waals surface area (Å²) < 4.78 is 13.5. The monoisotopic (exact) mass is 265 g/mol. The quantitative estimate of drug-likeness (QED) is 0.770. The van der Waals surface area contributed by atoms with Gasteiger partial charge in [-0.2, -0.15) is 0 Å². The van der Waals surface area contributed by atoms with Crippen LogP contribution in [-0.2, 0) is 11.3 Å². The number of carboxylic acid groups (broad SMARTS) is 1. The summed E-state index contributed by atoms with van der Waals surface area (Å²) in [4.78, 5) is 12.7. The van der Waals surface area contributed by atoms with E-state index in [2.05, 4.69) is 18.7 Å². The highest BCUT2D eigenvalue weighted by molar-refractivity contribution is 5.85. The Balaban J connectivity index is 2.86. The van der Waals surface area contributed by atoms with Crippen molar-refractivity contribution in [3.63, 3.8) is 0 Å². The SMILES string of the molecule is CCCN(CC)Cc1cc(F)cc(C=CC(=O)O)c1. The Morgan fingerprint density at radius 2 is 2.11 bits per heavy atom. The maximum Gasteiger partial charge on any atom is 0.328 e. The number of hydrogen-bond donors (Lipinski definition) is 1. The maximum atomic E-state index is 13.5. The van der Waals surface area contributed by atoms with Crippen LogP contribution in [0.3, 0.4) is 0 Å². The van der Waals surface area contributed by atoms with E-state index in [1.54, 1.807) is 0 Å². The smallest absolute Gasteiger partial charge is 0.328 e. The molecular formula is C15H20FNO2. The van der Waals surface area contributed by atoms with Crippen molar-refractivity contribution in [2.24, 2.45) is 0 Å². The summed E-state index contributed by atoms with van der Waals surface area (Å²) in [5.74, 6) is -1.37. The van der Waals surface area contributed by atoms with Crippen molar-refractivity contribution in [1.29, 1.82) is 0 Å². The van der Waals surface area contributed by atoms with Gasteiger partial charge in [0.1, 0.15) is 5.82 Å². The minimum atomic E-state index is -1.04. The van der Waals surface area contributed by atoms with Crippen molar-refractivity contribution in [3.05, 3.63) is 41.2 Å². The lowest BCUT2D eigenvalue weighted by Gasteiger charge is -2.19. The lowest BCUT2D eigenvalue weighted by molar-refractivity contribution is -0.131. The number of halogens is 1. The zero-order chi connectivity index (χ0) is 14.3. The lowest BCUT2D eigenvalue weighted by Crippen LogP contribution is -2.23. The minimum absolute atomic E-state index is 0.338. The van der Waals surface area contributed by atoms with Crippen molar-refractivity contribution in [2.75, 3.05) is 13.1 Å². The van der Waals surface area contributed by atoms with E-state index in [-0.39, 0.29) is 5.82 Å². The Bertz CT molecular complexity index is 457. The Morgan fingerprint density at radius 3 is 2.68 bits per heavy atom. The van der Waals surface area contributed by atoms with Crippen LogP contribution in [0.1, 0.15) is 31.4 Å². The van der Waals surface area contributed by atoms with Gasteiger partial charge in [-0.1, -0.05) is 19.9 Å². The lowest BCUT2D eigenvalue weighted by atomic mass is 10.1. The molecule has 0 radical (unpaired) electrons. The number of nitrogens with zero attached hydrogens (tertiary/aromatic N) is 1. The third-order valence-electron chi connectivity index (χ3n) is 2.79. The van der Waals surface area contributed by atoms with Crippen molar-refractivity contribution in [1.82, 2.24) is 4.90 Å². The second-order valence-electron chi connectivity index (χ2n) is 4.43. The zero-order valence-corrected chi connectivity index (χ0v) is 11.4. The molecular weight excluding hydrogens is 245 g/mol. The first kappa shape index (κ1) is 15.4. The summed E-state index contributed by atoms with van der Waals surface area (Å²) in [5.41, 5.74) is 1.44. The minimum Gasteiger partial charge on any atom is -0.478 e. The molecule has 4 heteroatoms. The normalized spacial score (nSPS) is 11.4. The van der Waals surface area contributed by atoms with Gasteiger partial charge in [0, 0.05) is 12.6 Å². The van der Waals surface area contributed by atoms with E-state index in [4.69, 9.17) is 5.11 Å². The first-order valence-electron chi connectivity index (χ1n) is 6.48. The molecule has 0 unspecified atom stereocenters. The predicted octanol–water partition coefficient (Wildman–Crippen LogP) is 3.16. The van der Waals surface area contributed by atoms with Crippen LogP contribution >= 0.6 is 0 Å². The number of benzene rings is 1. The first-order valence-corrected chi connectivity index (χ1v) is 6.48. The van der Waals surface area contributed by atoms with Gasteiger partial charge in [0.15, 0.2) is 0 Å². The van der Waals surface area contributed by atoms with Crippen LogP contribution in [0.2, 0.25) is 0 Å². The largest absolute Gasteiger partial charge is 0.478 e. The molecule has 0 amide bonds. The van der Waals surface area contributed by atoms with Gasteiger partial charge in [0.05, 0.1) is 0 Å². The van der Waals surface area contributed by atoms with Crippen molar-refractivity contribution < 1.29 is 14.3 Å². The van der Waals surface area contributed by atoms with E-state index in [0.717, 1.165) is 31.1 Å². The molecule has 0 aliphatic heterocycles. The topological polar surface area (TPSA) is 40.5 Å². The molecule has 0 bridgehead atoms. The van der Waals surface area contributed by atoms with Crippen LogP contribution in [0.5, 0.6) is 0 Å². The fourth-order valence-electron chi connectivity index (χ4n) is 1.95. The van der Waals surface area contributed by atoms with Crippen LogP contribution in [0.15, 0.2) is 24.3 Å². The molecule has 0 atom stereocenters. The molecule has 0 spiro atoms.